The minimum absolute atomic E-state index is 0.490. The van der Waals surface area contributed by atoms with Crippen LogP contribution < -0.4 is 20.5 Å². The first kappa shape index (κ1) is 19.8. The van der Waals surface area contributed by atoms with Crippen molar-refractivity contribution >= 4 is 22.9 Å². The van der Waals surface area contributed by atoms with Crippen molar-refractivity contribution in [1.82, 2.24) is 5.43 Å². The Kier molecular flexibility index (Phi) is 5.33. The third kappa shape index (κ3) is 4.23. The summed E-state index contributed by atoms with van der Waals surface area (Å²) in [6.07, 6.45) is 0. The molecule has 0 saturated heterocycles. The quantitative estimate of drug-likeness (QED) is 0.640. The van der Waals surface area contributed by atoms with E-state index >= 15 is 0 Å². The van der Waals surface area contributed by atoms with Crippen LogP contribution in [0.1, 0.15) is 26.3 Å². The molecule has 6 nitrogen and oxygen atoms in total. The van der Waals surface area contributed by atoms with E-state index in [2.05, 4.69) is 22.6 Å². The molecule has 0 saturated carbocycles. The van der Waals surface area contributed by atoms with E-state index in [1.807, 2.05) is 98.6 Å². The number of hydrogen-bond acceptors (Lipinski definition) is 5. The molecule has 3 aromatic rings. The van der Waals surface area contributed by atoms with Crippen LogP contribution >= 0.6 is 0 Å². The molecule has 4 rings (SSSR count). The van der Waals surface area contributed by atoms with Crippen molar-refractivity contribution in [3.05, 3.63) is 90.5 Å². The summed E-state index contributed by atoms with van der Waals surface area (Å²) in [6.45, 7) is 6.26. The van der Waals surface area contributed by atoms with Crippen molar-refractivity contribution in [2.45, 2.75) is 26.3 Å². The molecule has 3 aromatic carbocycles. The van der Waals surface area contributed by atoms with Gasteiger partial charge in [-0.25, -0.2) is 10.1 Å². The highest BCUT2D eigenvalue weighted by molar-refractivity contribution is 6.01. The van der Waals surface area contributed by atoms with Crippen LogP contribution in [0.25, 0.3) is 0 Å². The molecule has 1 radical (unpaired) electrons. The zero-order chi connectivity index (χ0) is 21.1. The van der Waals surface area contributed by atoms with Crippen molar-refractivity contribution < 1.29 is 5.21 Å². The number of nitrogens with one attached hydrogen (secondary N) is 1. The van der Waals surface area contributed by atoms with Crippen LogP contribution in [0.2, 0.25) is 0 Å². The maximum absolute atomic E-state index is 12.5. The molecule has 0 spiro atoms. The van der Waals surface area contributed by atoms with Gasteiger partial charge in [-0.05, 0) is 69.3 Å². The largest absolute Gasteiger partial charge is 0.278 e. The molecule has 1 N–H and O–H groups in total. The molecule has 0 atom stereocenters. The molecule has 0 amide bonds. The molecule has 1 aliphatic heterocycles. The van der Waals surface area contributed by atoms with Crippen molar-refractivity contribution in [1.29, 1.82) is 0 Å². The van der Waals surface area contributed by atoms with Gasteiger partial charge in [0.1, 0.15) is 6.67 Å². The monoisotopic (exact) mass is 400 g/mol. The summed E-state index contributed by atoms with van der Waals surface area (Å²) in [5, 5.41) is 22.4. The molecule has 0 aliphatic carbocycles. The third-order valence-corrected chi connectivity index (χ3v) is 4.84. The van der Waals surface area contributed by atoms with Crippen LogP contribution in [0.3, 0.4) is 0 Å². The fraction of sp³-hybridized carbons (Fsp3) is 0.208. The van der Waals surface area contributed by atoms with E-state index in [4.69, 9.17) is 5.10 Å². The highest BCUT2D eigenvalue weighted by Crippen LogP contribution is 2.24. The van der Waals surface area contributed by atoms with Crippen LogP contribution in [0.4, 0.5) is 17.1 Å². The normalized spacial score (nSPS) is 14.2. The predicted molar refractivity (Wildman–Crippen MR) is 122 cm³/mol. The molecule has 1 heterocycles. The zero-order valence-corrected chi connectivity index (χ0v) is 17.5. The number of hydroxylamine groups is 1. The molecular weight excluding hydrogens is 374 g/mol. The number of hydrazone groups is 1. The number of benzene rings is 3. The van der Waals surface area contributed by atoms with Crippen LogP contribution in [0, 0.1) is 0 Å². The maximum Gasteiger partial charge on any atom is 0.172 e. The first-order valence-electron chi connectivity index (χ1n) is 10.00. The van der Waals surface area contributed by atoms with E-state index < -0.39 is 5.54 Å². The topological polar surface area (TPSA) is 54.0 Å². The van der Waals surface area contributed by atoms with Crippen LogP contribution in [-0.2, 0) is 5.21 Å². The lowest BCUT2D eigenvalue weighted by atomic mass is 10.1. The number of anilines is 3. The Morgan fingerprint density at radius 2 is 1.40 bits per heavy atom. The van der Waals surface area contributed by atoms with Crippen molar-refractivity contribution in [3.63, 3.8) is 0 Å². The fourth-order valence-electron chi connectivity index (χ4n) is 3.23. The summed E-state index contributed by atoms with van der Waals surface area (Å²) in [5.41, 5.74) is 6.51. The summed E-state index contributed by atoms with van der Waals surface area (Å²) >= 11 is 0. The second-order valence-electron chi connectivity index (χ2n) is 8.21. The summed E-state index contributed by atoms with van der Waals surface area (Å²) in [6, 6.07) is 27.7. The molecule has 153 valence electrons. The SMILES string of the molecule is CC(C)(C)N([O])c1ccc(C2=NN(c3ccccc3)CN(c3ccccc3)N2)cc1. The highest BCUT2D eigenvalue weighted by Gasteiger charge is 2.24. The van der Waals surface area contributed by atoms with Crippen molar-refractivity contribution in [3.8, 4) is 0 Å². The Labute approximate surface area is 177 Å². The highest BCUT2D eigenvalue weighted by atomic mass is 16.5. The van der Waals surface area contributed by atoms with E-state index in [0.29, 0.717) is 18.2 Å². The van der Waals surface area contributed by atoms with Gasteiger partial charge >= 0.3 is 0 Å². The van der Waals surface area contributed by atoms with E-state index in [9.17, 15) is 5.21 Å². The van der Waals surface area contributed by atoms with Crippen molar-refractivity contribution in [2.75, 3.05) is 21.7 Å². The molecule has 0 unspecified atom stereocenters. The van der Waals surface area contributed by atoms with Gasteiger partial charge in [-0.15, -0.1) is 0 Å². The van der Waals surface area contributed by atoms with Crippen molar-refractivity contribution in [2.24, 2.45) is 5.10 Å². The average molecular weight is 401 g/mol. The lowest BCUT2D eigenvalue weighted by Crippen LogP contribution is -2.53. The Bertz CT molecular complexity index is 997. The predicted octanol–water partition coefficient (Wildman–Crippen LogP) is 4.79. The van der Waals surface area contributed by atoms with Gasteiger partial charge in [0.25, 0.3) is 0 Å². The van der Waals surface area contributed by atoms with E-state index in [0.717, 1.165) is 22.0 Å². The standard InChI is InChI=1S/C24H26N5O/c1-24(2,3)29(30)22-16-14-19(15-17-22)23-25-27(20-10-6-4-7-11-20)18-28(26-23)21-12-8-5-9-13-21/h4-17H,18H2,1-3H3,(H,25,26). The first-order valence-corrected chi connectivity index (χ1v) is 10.00. The number of para-hydroxylation sites is 2. The average Bonchev–Trinajstić information content (AvgIpc) is 2.79. The second kappa shape index (κ2) is 8.08. The summed E-state index contributed by atoms with van der Waals surface area (Å²) in [5.74, 6) is 0.716. The van der Waals surface area contributed by atoms with E-state index in [-0.39, 0.29) is 0 Å². The molecule has 1 aliphatic rings. The Morgan fingerprint density at radius 1 is 0.833 bits per heavy atom. The molecule has 0 bridgehead atoms. The molecule has 0 fully saturated rings. The first-order chi connectivity index (χ1) is 14.4. The minimum atomic E-state index is -0.490. The van der Waals surface area contributed by atoms with Gasteiger partial charge in [0, 0.05) is 5.56 Å². The molecule has 6 heteroatoms. The summed E-state index contributed by atoms with van der Waals surface area (Å²) in [4.78, 5) is 0. The number of hydrazine groups is 1. The molecular formula is C24H26N5O. The summed E-state index contributed by atoms with van der Waals surface area (Å²) < 4.78 is 0. The Balaban J connectivity index is 1.67. The third-order valence-electron chi connectivity index (χ3n) is 4.84. The number of nitrogens with zero attached hydrogens (tertiary/aromatic N) is 4. The Morgan fingerprint density at radius 3 is 1.97 bits per heavy atom. The lowest BCUT2D eigenvalue weighted by Gasteiger charge is -2.36. The molecule has 0 aromatic heterocycles. The maximum atomic E-state index is 12.5. The van der Waals surface area contributed by atoms with Gasteiger partial charge in [0.05, 0.1) is 22.6 Å². The molecule has 30 heavy (non-hydrogen) atoms. The lowest BCUT2D eigenvalue weighted by molar-refractivity contribution is 0.102. The van der Waals surface area contributed by atoms with Crippen LogP contribution in [-0.4, -0.2) is 18.0 Å². The second-order valence-corrected chi connectivity index (χ2v) is 8.21. The fourth-order valence-corrected chi connectivity index (χ4v) is 3.23. The number of hydrogen-bond donors (Lipinski definition) is 1. The van der Waals surface area contributed by atoms with Gasteiger partial charge < -0.3 is 0 Å². The van der Waals surface area contributed by atoms with E-state index in [1.165, 1.54) is 0 Å². The summed E-state index contributed by atoms with van der Waals surface area (Å²) in [7, 11) is 0. The van der Waals surface area contributed by atoms with Gasteiger partial charge in [0.15, 0.2) is 5.84 Å². The smallest absolute Gasteiger partial charge is 0.172 e. The van der Waals surface area contributed by atoms with Gasteiger partial charge in [-0.3, -0.25) is 10.4 Å². The zero-order valence-electron chi connectivity index (χ0n) is 17.5. The van der Waals surface area contributed by atoms with Gasteiger partial charge in [-0.2, -0.15) is 5.10 Å². The van der Waals surface area contributed by atoms with Crippen LogP contribution in [0.5, 0.6) is 0 Å². The van der Waals surface area contributed by atoms with Gasteiger partial charge in [-0.1, -0.05) is 41.6 Å². The minimum Gasteiger partial charge on any atom is -0.278 e. The number of rotatable bonds is 4. The van der Waals surface area contributed by atoms with Crippen LogP contribution in [0.15, 0.2) is 90.0 Å². The van der Waals surface area contributed by atoms with Gasteiger partial charge in [0.2, 0.25) is 0 Å². The number of amidine groups is 1. The Hall–Kier alpha value is -3.51. The van der Waals surface area contributed by atoms with E-state index in [1.54, 1.807) is 0 Å².